The Bertz CT molecular complexity index is 2010. The number of halogens is 2. The van der Waals surface area contributed by atoms with Crippen LogP contribution in [0.15, 0.2) is 96.0 Å². The number of aryl methyl sites for hydroxylation is 1. The van der Waals surface area contributed by atoms with Crippen LogP contribution in [-0.4, -0.2) is 31.8 Å². The molecule has 6 rings (SSSR count). The first-order chi connectivity index (χ1) is 21.1. The van der Waals surface area contributed by atoms with E-state index < -0.39 is 21.7 Å². The molecule has 44 heavy (non-hydrogen) atoms. The molecule has 0 bridgehead atoms. The summed E-state index contributed by atoms with van der Waals surface area (Å²) in [4.78, 5) is 33.5. The van der Waals surface area contributed by atoms with Gasteiger partial charge in [0.1, 0.15) is 15.9 Å². The number of fused-ring (bicyclic) bond motifs is 3. The molecule has 8 nitrogen and oxygen atoms in total. The van der Waals surface area contributed by atoms with E-state index in [-0.39, 0.29) is 27.3 Å². The number of aromatic nitrogens is 1. The number of para-hydroxylation sites is 2. The van der Waals surface area contributed by atoms with Crippen LogP contribution < -0.4 is 14.9 Å². The zero-order valence-corrected chi connectivity index (χ0v) is 25.6. The number of pyridine rings is 1. The minimum Gasteiger partial charge on any atom is -0.319 e. The van der Waals surface area contributed by atoms with E-state index in [2.05, 4.69) is 15.0 Å². The van der Waals surface area contributed by atoms with Crippen molar-refractivity contribution in [2.45, 2.75) is 18.2 Å². The second-order valence-corrected chi connectivity index (χ2v) is 13.1. The normalized spacial score (nSPS) is 12.6. The molecule has 3 aromatic carbocycles. The SMILES string of the molecule is Cc1cccc(F)c1NC(=O)c1cc2c(s1)-c1ccccc1N(C(=O)c1ccc(NS(=O)(=O)c3cccnc3Cl)cc1)CC2. The largest absolute Gasteiger partial charge is 0.319 e. The molecular formula is C32H24ClFN4O4S2. The Morgan fingerprint density at radius 3 is 2.52 bits per heavy atom. The monoisotopic (exact) mass is 646 g/mol. The number of rotatable bonds is 6. The lowest BCUT2D eigenvalue weighted by molar-refractivity contribution is 0.0985. The second-order valence-electron chi connectivity index (χ2n) is 10.1. The molecule has 0 fully saturated rings. The summed E-state index contributed by atoms with van der Waals surface area (Å²) in [6.07, 6.45) is 1.88. The van der Waals surface area contributed by atoms with Crippen molar-refractivity contribution in [3.63, 3.8) is 0 Å². The lowest BCUT2D eigenvalue weighted by Crippen LogP contribution is -2.32. The maximum atomic E-state index is 14.4. The van der Waals surface area contributed by atoms with Gasteiger partial charge >= 0.3 is 0 Å². The van der Waals surface area contributed by atoms with Gasteiger partial charge in [-0.05, 0) is 79.1 Å². The topological polar surface area (TPSA) is 108 Å². The molecule has 1 aliphatic heterocycles. The average molecular weight is 647 g/mol. The molecule has 0 atom stereocenters. The van der Waals surface area contributed by atoms with E-state index in [9.17, 15) is 22.4 Å². The minimum atomic E-state index is -3.98. The maximum Gasteiger partial charge on any atom is 0.265 e. The van der Waals surface area contributed by atoms with E-state index in [1.807, 2.05) is 24.3 Å². The van der Waals surface area contributed by atoms with Crippen molar-refractivity contribution in [3.8, 4) is 10.4 Å². The van der Waals surface area contributed by atoms with Crippen molar-refractivity contribution in [1.82, 2.24) is 4.98 Å². The highest BCUT2D eigenvalue weighted by atomic mass is 35.5. The summed E-state index contributed by atoms with van der Waals surface area (Å²) in [6, 6.07) is 22.9. The smallest absolute Gasteiger partial charge is 0.265 e. The Morgan fingerprint density at radius 1 is 1.00 bits per heavy atom. The second kappa shape index (κ2) is 11.8. The molecule has 5 aromatic rings. The minimum absolute atomic E-state index is 0.145. The predicted molar refractivity (Wildman–Crippen MR) is 171 cm³/mol. The molecule has 0 saturated carbocycles. The van der Waals surface area contributed by atoms with Crippen LogP contribution in [-0.2, 0) is 16.4 Å². The Hall–Kier alpha value is -4.58. The van der Waals surface area contributed by atoms with E-state index in [1.165, 1.54) is 47.9 Å². The number of benzene rings is 3. The summed E-state index contributed by atoms with van der Waals surface area (Å²) < 4.78 is 42.4. The van der Waals surface area contributed by atoms with Crippen LogP contribution in [0.3, 0.4) is 0 Å². The summed E-state index contributed by atoms with van der Waals surface area (Å²) in [5.41, 5.74) is 3.80. The molecule has 12 heteroatoms. The summed E-state index contributed by atoms with van der Waals surface area (Å²) in [6.45, 7) is 2.08. The maximum absolute atomic E-state index is 14.4. The number of thiophene rings is 1. The highest BCUT2D eigenvalue weighted by Crippen LogP contribution is 2.42. The van der Waals surface area contributed by atoms with E-state index in [1.54, 1.807) is 42.2 Å². The highest BCUT2D eigenvalue weighted by Gasteiger charge is 2.28. The molecule has 0 saturated heterocycles. The first-order valence-corrected chi connectivity index (χ1v) is 16.1. The fraction of sp³-hybridized carbons (Fsp3) is 0.0938. The van der Waals surface area contributed by atoms with Crippen LogP contribution in [0.4, 0.5) is 21.5 Å². The van der Waals surface area contributed by atoms with Crippen LogP contribution in [0.1, 0.15) is 31.2 Å². The number of nitrogens with zero attached hydrogens (tertiary/aromatic N) is 2. The molecule has 0 aliphatic carbocycles. The Morgan fingerprint density at radius 2 is 1.77 bits per heavy atom. The van der Waals surface area contributed by atoms with Gasteiger partial charge in [-0.1, -0.05) is 41.9 Å². The van der Waals surface area contributed by atoms with E-state index >= 15 is 0 Å². The summed E-state index contributed by atoms with van der Waals surface area (Å²) >= 11 is 7.26. The average Bonchev–Trinajstić information content (AvgIpc) is 3.37. The predicted octanol–water partition coefficient (Wildman–Crippen LogP) is 7.17. The molecule has 0 spiro atoms. The van der Waals surface area contributed by atoms with Gasteiger partial charge in [-0.3, -0.25) is 14.3 Å². The summed E-state index contributed by atoms with van der Waals surface area (Å²) in [5, 5.41) is 2.56. The van der Waals surface area contributed by atoms with Gasteiger partial charge in [0.25, 0.3) is 21.8 Å². The van der Waals surface area contributed by atoms with Gasteiger partial charge in [0, 0.05) is 34.4 Å². The van der Waals surface area contributed by atoms with E-state index in [0.29, 0.717) is 34.7 Å². The lowest BCUT2D eigenvalue weighted by atomic mass is 10.1. The van der Waals surface area contributed by atoms with Gasteiger partial charge in [0.05, 0.1) is 16.3 Å². The number of carbonyl (C=O) groups is 2. The van der Waals surface area contributed by atoms with Gasteiger partial charge in [-0.2, -0.15) is 0 Å². The highest BCUT2D eigenvalue weighted by molar-refractivity contribution is 7.92. The standard InChI is InChI=1S/C32H24ClFN4O4S2/c1-19-6-4-8-24(34)28(19)36-31(39)26-18-21-15-17-38(25-9-3-2-7-23(25)29(21)43-26)32(40)20-11-13-22(14-12-20)37-44(41,42)27-10-5-16-35-30(27)33/h2-14,16,18,37H,15,17H2,1H3,(H,36,39). The van der Waals surface area contributed by atoms with E-state index in [4.69, 9.17) is 11.6 Å². The van der Waals surface area contributed by atoms with Gasteiger partial charge in [-0.25, -0.2) is 17.8 Å². The van der Waals surface area contributed by atoms with Crippen molar-refractivity contribution in [2.75, 3.05) is 21.5 Å². The van der Waals surface area contributed by atoms with Crippen molar-refractivity contribution in [2.24, 2.45) is 0 Å². The lowest BCUT2D eigenvalue weighted by Gasteiger charge is -2.23. The molecule has 0 radical (unpaired) electrons. The van der Waals surface area contributed by atoms with Gasteiger partial charge < -0.3 is 10.2 Å². The molecule has 2 amide bonds. The number of hydrogen-bond acceptors (Lipinski definition) is 6. The first-order valence-electron chi connectivity index (χ1n) is 13.5. The third kappa shape index (κ3) is 5.69. The van der Waals surface area contributed by atoms with Crippen molar-refractivity contribution in [1.29, 1.82) is 0 Å². The fourth-order valence-electron chi connectivity index (χ4n) is 5.00. The van der Waals surface area contributed by atoms with Gasteiger partial charge in [0.2, 0.25) is 0 Å². The number of nitrogens with one attached hydrogen (secondary N) is 2. The molecule has 0 unspecified atom stereocenters. The van der Waals surface area contributed by atoms with E-state index in [0.717, 1.165) is 16.0 Å². The summed E-state index contributed by atoms with van der Waals surface area (Å²) in [5.74, 6) is -1.16. The first kappa shape index (κ1) is 29.5. The fourth-order valence-corrected chi connectivity index (χ4v) is 7.65. The Kier molecular flexibility index (Phi) is 7.93. The zero-order chi connectivity index (χ0) is 31.0. The van der Waals surface area contributed by atoms with Crippen LogP contribution in [0, 0.1) is 12.7 Å². The van der Waals surface area contributed by atoms with Crippen LogP contribution in [0.25, 0.3) is 10.4 Å². The Balaban J connectivity index is 1.24. The number of carbonyl (C=O) groups excluding carboxylic acids is 2. The molecule has 3 heterocycles. The Labute approximate surface area is 262 Å². The van der Waals surface area contributed by atoms with Crippen molar-refractivity contribution >= 4 is 61.8 Å². The van der Waals surface area contributed by atoms with Crippen molar-refractivity contribution < 1.29 is 22.4 Å². The number of sulfonamides is 1. The van der Waals surface area contributed by atoms with Gasteiger partial charge in [0.15, 0.2) is 0 Å². The summed E-state index contributed by atoms with van der Waals surface area (Å²) in [7, 11) is -3.98. The number of amides is 2. The third-order valence-electron chi connectivity index (χ3n) is 7.18. The molecule has 1 aliphatic rings. The zero-order valence-electron chi connectivity index (χ0n) is 23.2. The van der Waals surface area contributed by atoms with Crippen molar-refractivity contribution in [3.05, 3.63) is 124 Å². The molecule has 2 aromatic heterocycles. The van der Waals surface area contributed by atoms with Crippen LogP contribution >= 0.6 is 22.9 Å². The number of anilines is 3. The molecular weight excluding hydrogens is 623 g/mol. The molecule has 2 N–H and O–H groups in total. The quantitative estimate of drug-likeness (QED) is 0.190. The number of hydrogen-bond donors (Lipinski definition) is 2. The molecule has 222 valence electrons. The third-order valence-corrected chi connectivity index (χ3v) is 10.2. The van der Waals surface area contributed by atoms with Gasteiger partial charge in [-0.15, -0.1) is 11.3 Å². The van der Waals surface area contributed by atoms with Crippen LogP contribution in [0.5, 0.6) is 0 Å². The van der Waals surface area contributed by atoms with Crippen LogP contribution in [0.2, 0.25) is 5.15 Å².